The van der Waals surface area contributed by atoms with Gasteiger partial charge in [0, 0.05) is 61.7 Å². The number of benzene rings is 2. The van der Waals surface area contributed by atoms with Gasteiger partial charge in [-0.25, -0.2) is 0 Å². The van der Waals surface area contributed by atoms with E-state index in [4.69, 9.17) is 4.99 Å². The lowest BCUT2D eigenvalue weighted by atomic mass is 10.1. The molecular formula is C27H35N5O. The Kier molecular flexibility index (Phi) is 7.66. The average Bonchev–Trinajstić information content (AvgIpc) is 3.35. The van der Waals surface area contributed by atoms with Crippen molar-refractivity contribution in [3.63, 3.8) is 0 Å². The molecule has 1 fully saturated rings. The Morgan fingerprint density at radius 3 is 2.70 bits per heavy atom. The number of aromatic nitrogens is 1. The Bertz CT molecular complexity index is 1090. The number of guanidine groups is 1. The van der Waals surface area contributed by atoms with E-state index in [1.54, 1.807) is 0 Å². The van der Waals surface area contributed by atoms with Gasteiger partial charge in [-0.1, -0.05) is 48.5 Å². The summed E-state index contributed by atoms with van der Waals surface area (Å²) >= 11 is 0. The molecule has 0 aliphatic carbocycles. The number of aliphatic imine (C=N–C) groups is 1. The van der Waals surface area contributed by atoms with Crippen LogP contribution >= 0.6 is 0 Å². The zero-order chi connectivity index (χ0) is 23.0. The van der Waals surface area contributed by atoms with Crippen molar-refractivity contribution in [3.05, 3.63) is 71.4 Å². The molecule has 33 heavy (non-hydrogen) atoms. The summed E-state index contributed by atoms with van der Waals surface area (Å²) in [6.45, 7) is 8.07. The molecule has 2 aromatic carbocycles. The summed E-state index contributed by atoms with van der Waals surface area (Å²) in [6.07, 6.45) is 2.42. The molecule has 0 spiro atoms. The van der Waals surface area contributed by atoms with Gasteiger partial charge in [0.05, 0.1) is 0 Å². The van der Waals surface area contributed by atoms with E-state index in [9.17, 15) is 4.79 Å². The van der Waals surface area contributed by atoms with Crippen LogP contribution in [0.4, 0.5) is 0 Å². The molecule has 1 aliphatic rings. The molecule has 2 heterocycles. The van der Waals surface area contributed by atoms with E-state index in [1.807, 2.05) is 23.1 Å². The summed E-state index contributed by atoms with van der Waals surface area (Å²) in [5, 5.41) is 8.10. The number of para-hydroxylation sites is 1. The Labute approximate surface area is 196 Å². The fraction of sp³-hybridized carbons (Fsp3) is 0.407. The van der Waals surface area contributed by atoms with Gasteiger partial charge >= 0.3 is 0 Å². The van der Waals surface area contributed by atoms with Crippen molar-refractivity contribution in [2.75, 3.05) is 32.7 Å². The number of carbonyl (C=O) groups excluding carboxylic acids is 1. The quantitative estimate of drug-likeness (QED) is 0.348. The Hall–Kier alpha value is -3.28. The van der Waals surface area contributed by atoms with Gasteiger partial charge in [-0.3, -0.25) is 9.79 Å². The maximum Gasteiger partial charge on any atom is 0.223 e. The summed E-state index contributed by atoms with van der Waals surface area (Å²) in [4.78, 5) is 22.7. The van der Waals surface area contributed by atoms with Gasteiger partial charge in [0.25, 0.3) is 0 Å². The standard InChI is InChI=1S/C27H35N5O/c1-3-28-27(29-15-13-23-20(2)31-25-12-8-7-11-24(23)25)30-18-22-17-26(33)32(19-22)16-14-21-9-5-4-6-10-21/h4-12,22,31H,3,13-19H2,1-2H3,(H2,28,29,30). The summed E-state index contributed by atoms with van der Waals surface area (Å²) in [6, 6.07) is 18.8. The lowest BCUT2D eigenvalue weighted by Crippen LogP contribution is -2.38. The number of nitrogens with zero attached hydrogens (tertiary/aromatic N) is 2. The van der Waals surface area contributed by atoms with Gasteiger partial charge in [-0.05, 0) is 43.9 Å². The molecule has 6 nitrogen and oxygen atoms in total. The van der Waals surface area contributed by atoms with Crippen molar-refractivity contribution >= 4 is 22.8 Å². The molecule has 1 unspecified atom stereocenters. The Morgan fingerprint density at radius 1 is 1.09 bits per heavy atom. The first-order valence-electron chi connectivity index (χ1n) is 12.0. The summed E-state index contributed by atoms with van der Waals surface area (Å²) in [7, 11) is 0. The van der Waals surface area contributed by atoms with Crippen LogP contribution in [0.1, 0.15) is 30.2 Å². The van der Waals surface area contributed by atoms with E-state index < -0.39 is 0 Å². The van der Waals surface area contributed by atoms with E-state index in [0.717, 1.165) is 45.0 Å². The Morgan fingerprint density at radius 2 is 1.88 bits per heavy atom. The smallest absolute Gasteiger partial charge is 0.223 e. The van der Waals surface area contributed by atoms with Crippen molar-refractivity contribution < 1.29 is 4.79 Å². The number of H-pyrrole nitrogens is 1. The number of carbonyl (C=O) groups is 1. The minimum atomic E-state index is 0.249. The lowest BCUT2D eigenvalue weighted by molar-refractivity contribution is -0.127. The molecule has 3 aromatic rings. The monoisotopic (exact) mass is 445 g/mol. The van der Waals surface area contributed by atoms with E-state index in [0.29, 0.717) is 13.0 Å². The SMILES string of the molecule is CCNC(=NCC1CC(=O)N(CCc2ccccc2)C1)NCCc1c(C)[nH]c2ccccc12. The number of nitrogens with one attached hydrogen (secondary N) is 3. The highest BCUT2D eigenvalue weighted by atomic mass is 16.2. The average molecular weight is 446 g/mol. The molecule has 1 amide bonds. The molecule has 0 saturated carbocycles. The number of rotatable bonds is 9. The second-order valence-corrected chi connectivity index (χ2v) is 8.82. The van der Waals surface area contributed by atoms with Gasteiger partial charge in [0.2, 0.25) is 5.91 Å². The fourth-order valence-electron chi connectivity index (χ4n) is 4.63. The minimum absolute atomic E-state index is 0.249. The molecule has 6 heteroatoms. The summed E-state index contributed by atoms with van der Waals surface area (Å²) in [5.74, 6) is 1.35. The van der Waals surface area contributed by atoms with Crippen molar-refractivity contribution in [2.24, 2.45) is 10.9 Å². The topological polar surface area (TPSA) is 72.5 Å². The normalized spacial score (nSPS) is 16.5. The molecule has 3 N–H and O–H groups in total. The van der Waals surface area contributed by atoms with E-state index in [1.165, 1.54) is 27.7 Å². The molecule has 1 atom stereocenters. The molecule has 1 saturated heterocycles. The number of aryl methyl sites for hydroxylation is 1. The first-order chi connectivity index (χ1) is 16.1. The number of aromatic amines is 1. The second-order valence-electron chi connectivity index (χ2n) is 8.82. The fourth-order valence-corrected chi connectivity index (χ4v) is 4.63. The first-order valence-corrected chi connectivity index (χ1v) is 12.0. The van der Waals surface area contributed by atoms with Gasteiger partial charge in [0.1, 0.15) is 0 Å². The molecule has 1 aliphatic heterocycles. The maximum absolute atomic E-state index is 12.5. The largest absolute Gasteiger partial charge is 0.358 e. The molecule has 0 bridgehead atoms. The third kappa shape index (κ3) is 5.95. The van der Waals surface area contributed by atoms with E-state index >= 15 is 0 Å². The van der Waals surface area contributed by atoms with Gasteiger partial charge in [-0.15, -0.1) is 0 Å². The number of amides is 1. The predicted octanol–water partition coefficient (Wildman–Crippen LogP) is 3.67. The van der Waals surface area contributed by atoms with Crippen LogP contribution in [0.2, 0.25) is 0 Å². The van der Waals surface area contributed by atoms with Crippen molar-refractivity contribution in [1.29, 1.82) is 0 Å². The number of fused-ring (bicyclic) bond motifs is 1. The lowest BCUT2D eigenvalue weighted by Gasteiger charge is -2.16. The van der Waals surface area contributed by atoms with Crippen LogP contribution in [0.15, 0.2) is 59.6 Å². The van der Waals surface area contributed by atoms with Crippen molar-refractivity contribution in [1.82, 2.24) is 20.5 Å². The third-order valence-corrected chi connectivity index (χ3v) is 6.35. The van der Waals surface area contributed by atoms with Gasteiger partial charge < -0.3 is 20.5 Å². The van der Waals surface area contributed by atoms with Gasteiger partial charge in [0.15, 0.2) is 5.96 Å². The van der Waals surface area contributed by atoms with Crippen LogP contribution in [-0.2, 0) is 17.6 Å². The number of hydrogen-bond acceptors (Lipinski definition) is 2. The molecule has 1 aromatic heterocycles. The summed E-state index contributed by atoms with van der Waals surface area (Å²) < 4.78 is 0. The minimum Gasteiger partial charge on any atom is -0.358 e. The highest BCUT2D eigenvalue weighted by Crippen LogP contribution is 2.22. The molecule has 174 valence electrons. The predicted molar refractivity (Wildman–Crippen MR) is 136 cm³/mol. The van der Waals surface area contributed by atoms with Crippen LogP contribution in [0.25, 0.3) is 10.9 Å². The highest BCUT2D eigenvalue weighted by Gasteiger charge is 2.29. The van der Waals surface area contributed by atoms with Crippen molar-refractivity contribution in [2.45, 2.75) is 33.1 Å². The highest BCUT2D eigenvalue weighted by molar-refractivity contribution is 5.85. The second kappa shape index (κ2) is 11.0. The van der Waals surface area contributed by atoms with Gasteiger partial charge in [-0.2, -0.15) is 0 Å². The van der Waals surface area contributed by atoms with E-state index in [-0.39, 0.29) is 11.8 Å². The van der Waals surface area contributed by atoms with Crippen molar-refractivity contribution in [3.8, 4) is 0 Å². The number of hydrogen-bond donors (Lipinski definition) is 3. The first kappa shape index (κ1) is 22.9. The Balaban J connectivity index is 1.28. The molecule has 4 rings (SSSR count). The van der Waals surface area contributed by atoms with Crippen LogP contribution < -0.4 is 10.6 Å². The zero-order valence-corrected chi connectivity index (χ0v) is 19.7. The van der Waals surface area contributed by atoms with Crippen LogP contribution in [0.5, 0.6) is 0 Å². The van der Waals surface area contributed by atoms with Crippen LogP contribution in [-0.4, -0.2) is 54.5 Å². The summed E-state index contributed by atoms with van der Waals surface area (Å²) in [5.41, 5.74) is 5.04. The number of likely N-dealkylation sites (tertiary alicyclic amines) is 1. The molecule has 0 radical (unpaired) electrons. The van der Waals surface area contributed by atoms with Crippen LogP contribution in [0.3, 0.4) is 0 Å². The molecular weight excluding hydrogens is 410 g/mol. The maximum atomic E-state index is 12.5. The zero-order valence-electron chi connectivity index (χ0n) is 19.7. The van der Waals surface area contributed by atoms with Crippen LogP contribution in [0, 0.1) is 12.8 Å². The third-order valence-electron chi connectivity index (χ3n) is 6.35. The van der Waals surface area contributed by atoms with E-state index in [2.05, 4.69) is 65.9 Å².